The Labute approximate surface area is 143 Å². The lowest BCUT2D eigenvalue weighted by atomic mass is 9.93. The molecule has 1 aromatic rings. The van der Waals surface area contributed by atoms with Gasteiger partial charge in [0.25, 0.3) is 0 Å². The van der Waals surface area contributed by atoms with Gasteiger partial charge in [-0.25, -0.2) is 0 Å². The molecular formula is C18H26N4O2. The Balaban J connectivity index is 1.40. The fraction of sp³-hybridized carbons (Fsp3) is 0.611. The minimum Gasteiger partial charge on any atom is -0.371 e. The monoisotopic (exact) mass is 330 g/mol. The zero-order valence-corrected chi connectivity index (χ0v) is 14.3. The molecular weight excluding hydrogens is 304 g/mol. The minimum atomic E-state index is -0.309. The molecule has 130 valence electrons. The molecule has 1 N–H and O–H groups in total. The first kappa shape index (κ1) is 16.7. The SMILES string of the molecule is CN(CCC1CCN(c2ccncc2)CC1)C(=O)[C@H]1CCC(=O)N1. The largest absolute Gasteiger partial charge is 0.371 e. The average molecular weight is 330 g/mol. The maximum atomic E-state index is 12.3. The van der Waals surface area contributed by atoms with Gasteiger partial charge in [-0.2, -0.15) is 0 Å². The first-order valence-corrected chi connectivity index (χ1v) is 8.83. The van der Waals surface area contributed by atoms with E-state index in [4.69, 9.17) is 0 Å². The van der Waals surface area contributed by atoms with Gasteiger partial charge in [0.15, 0.2) is 0 Å². The molecule has 2 aliphatic rings. The lowest BCUT2D eigenvalue weighted by Gasteiger charge is -2.34. The average Bonchev–Trinajstić information content (AvgIpc) is 3.06. The van der Waals surface area contributed by atoms with E-state index in [1.54, 1.807) is 4.90 Å². The second kappa shape index (κ2) is 7.64. The number of hydrogen-bond acceptors (Lipinski definition) is 4. The van der Waals surface area contributed by atoms with Gasteiger partial charge in [0.05, 0.1) is 0 Å². The lowest BCUT2D eigenvalue weighted by molar-refractivity contribution is -0.133. The summed E-state index contributed by atoms with van der Waals surface area (Å²) in [7, 11) is 1.85. The molecule has 0 spiro atoms. The third-order valence-corrected chi connectivity index (χ3v) is 5.18. The molecule has 0 unspecified atom stereocenters. The predicted octanol–water partition coefficient (Wildman–Crippen LogP) is 1.43. The zero-order chi connectivity index (χ0) is 16.9. The normalized spacial score (nSPS) is 21.6. The number of carbonyl (C=O) groups excluding carboxylic acids is 2. The van der Waals surface area contributed by atoms with Crippen molar-refractivity contribution in [3.05, 3.63) is 24.5 Å². The number of nitrogens with one attached hydrogen (secondary N) is 1. The van der Waals surface area contributed by atoms with Crippen molar-refractivity contribution >= 4 is 17.5 Å². The van der Waals surface area contributed by atoms with Crippen molar-refractivity contribution in [3.8, 4) is 0 Å². The van der Waals surface area contributed by atoms with E-state index >= 15 is 0 Å². The highest BCUT2D eigenvalue weighted by molar-refractivity contribution is 5.90. The molecule has 3 heterocycles. The highest BCUT2D eigenvalue weighted by atomic mass is 16.2. The highest BCUT2D eigenvalue weighted by Gasteiger charge is 2.29. The fourth-order valence-electron chi connectivity index (χ4n) is 3.59. The van der Waals surface area contributed by atoms with E-state index in [0.717, 1.165) is 38.9 Å². The van der Waals surface area contributed by atoms with Gasteiger partial charge in [-0.3, -0.25) is 14.6 Å². The number of anilines is 1. The fourth-order valence-corrected chi connectivity index (χ4v) is 3.59. The standard InChI is InChI=1S/C18H26N4O2/c1-21(18(24)16-2-3-17(23)20-16)11-6-14-7-12-22(13-8-14)15-4-9-19-10-5-15/h4-5,9-10,14,16H,2-3,6-8,11-13H2,1H3,(H,20,23)/t16-/m1/s1. The summed E-state index contributed by atoms with van der Waals surface area (Å²) in [6.07, 6.45) is 8.12. The Morgan fingerprint density at radius 2 is 2.00 bits per heavy atom. The summed E-state index contributed by atoms with van der Waals surface area (Å²) < 4.78 is 0. The van der Waals surface area contributed by atoms with Gasteiger partial charge in [-0.05, 0) is 43.7 Å². The lowest BCUT2D eigenvalue weighted by Crippen LogP contribution is -2.43. The van der Waals surface area contributed by atoms with Crippen molar-refractivity contribution in [3.63, 3.8) is 0 Å². The molecule has 24 heavy (non-hydrogen) atoms. The third kappa shape index (κ3) is 4.04. The highest BCUT2D eigenvalue weighted by Crippen LogP contribution is 2.25. The van der Waals surface area contributed by atoms with Crippen molar-refractivity contribution in [1.82, 2.24) is 15.2 Å². The first-order valence-electron chi connectivity index (χ1n) is 8.83. The van der Waals surface area contributed by atoms with E-state index in [-0.39, 0.29) is 17.9 Å². The van der Waals surface area contributed by atoms with Crippen LogP contribution in [0.1, 0.15) is 32.1 Å². The van der Waals surface area contributed by atoms with Crippen LogP contribution in [0.25, 0.3) is 0 Å². The number of piperidine rings is 1. The predicted molar refractivity (Wildman–Crippen MR) is 92.6 cm³/mol. The number of nitrogens with zero attached hydrogens (tertiary/aromatic N) is 3. The van der Waals surface area contributed by atoms with E-state index in [1.165, 1.54) is 5.69 Å². The number of aromatic nitrogens is 1. The van der Waals surface area contributed by atoms with Gasteiger partial charge in [-0.1, -0.05) is 0 Å². The van der Waals surface area contributed by atoms with Gasteiger partial charge in [0.2, 0.25) is 11.8 Å². The van der Waals surface area contributed by atoms with Crippen LogP contribution in [0.3, 0.4) is 0 Å². The van der Waals surface area contributed by atoms with E-state index in [1.807, 2.05) is 19.4 Å². The Bertz CT molecular complexity index is 570. The second-order valence-electron chi connectivity index (χ2n) is 6.84. The third-order valence-electron chi connectivity index (χ3n) is 5.18. The molecule has 2 amide bonds. The zero-order valence-electron chi connectivity index (χ0n) is 14.3. The summed E-state index contributed by atoms with van der Waals surface area (Å²) >= 11 is 0. The van der Waals surface area contributed by atoms with Crippen LogP contribution in [0.5, 0.6) is 0 Å². The molecule has 1 aromatic heterocycles. The molecule has 1 atom stereocenters. The van der Waals surface area contributed by atoms with E-state index < -0.39 is 0 Å². The number of pyridine rings is 1. The Kier molecular flexibility index (Phi) is 5.33. The number of likely N-dealkylation sites (N-methyl/N-ethyl adjacent to an activating group) is 1. The summed E-state index contributed by atoms with van der Waals surface area (Å²) in [5.74, 6) is 0.705. The van der Waals surface area contributed by atoms with E-state index in [0.29, 0.717) is 18.8 Å². The van der Waals surface area contributed by atoms with E-state index in [9.17, 15) is 9.59 Å². The molecule has 6 nitrogen and oxygen atoms in total. The maximum absolute atomic E-state index is 12.3. The number of carbonyl (C=O) groups is 2. The van der Waals surface area contributed by atoms with Crippen molar-refractivity contribution in [2.24, 2.45) is 5.92 Å². The molecule has 0 bridgehead atoms. The minimum absolute atomic E-state index is 0.00904. The Morgan fingerprint density at radius 3 is 2.62 bits per heavy atom. The van der Waals surface area contributed by atoms with Crippen molar-refractivity contribution in [2.45, 2.75) is 38.1 Å². The summed E-state index contributed by atoms with van der Waals surface area (Å²) in [4.78, 5) is 31.8. The molecule has 3 rings (SSSR count). The molecule has 2 fully saturated rings. The van der Waals surface area contributed by atoms with Gasteiger partial charge in [0.1, 0.15) is 6.04 Å². The summed E-state index contributed by atoms with van der Waals surface area (Å²) in [5.41, 5.74) is 1.24. The van der Waals surface area contributed by atoms with Crippen LogP contribution < -0.4 is 10.2 Å². The molecule has 2 aliphatic heterocycles. The smallest absolute Gasteiger partial charge is 0.244 e. The van der Waals surface area contributed by atoms with Crippen LogP contribution >= 0.6 is 0 Å². The first-order chi connectivity index (χ1) is 11.6. The van der Waals surface area contributed by atoms with Gasteiger partial charge >= 0.3 is 0 Å². The van der Waals surface area contributed by atoms with Crippen molar-refractivity contribution in [2.75, 3.05) is 31.6 Å². The van der Waals surface area contributed by atoms with Crippen LogP contribution in [0.15, 0.2) is 24.5 Å². The van der Waals surface area contributed by atoms with Gasteiger partial charge in [0, 0.05) is 51.2 Å². The molecule has 0 aromatic carbocycles. The number of amides is 2. The molecule has 2 saturated heterocycles. The number of rotatable bonds is 5. The summed E-state index contributed by atoms with van der Waals surface area (Å²) in [5, 5.41) is 2.75. The maximum Gasteiger partial charge on any atom is 0.244 e. The van der Waals surface area contributed by atoms with Crippen LogP contribution in [0, 0.1) is 5.92 Å². The molecule has 0 radical (unpaired) electrons. The molecule has 6 heteroatoms. The summed E-state index contributed by atoms with van der Waals surface area (Å²) in [6.45, 7) is 2.89. The molecule has 0 saturated carbocycles. The molecule has 0 aliphatic carbocycles. The summed E-state index contributed by atoms with van der Waals surface area (Å²) in [6, 6.07) is 3.81. The topological polar surface area (TPSA) is 65.5 Å². The Hall–Kier alpha value is -2.11. The Morgan fingerprint density at radius 1 is 1.29 bits per heavy atom. The number of hydrogen-bond donors (Lipinski definition) is 1. The van der Waals surface area contributed by atoms with Crippen LogP contribution in [0.2, 0.25) is 0 Å². The van der Waals surface area contributed by atoms with Gasteiger partial charge in [-0.15, -0.1) is 0 Å². The van der Waals surface area contributed by atoms with Crippen LogP contribution in [-0.2, 0) is 9.59 Å². The second-order valence-corrected chi connectivity index (χ2v) is 6.84. The van der Waals surface area contributed by atoms with Crippen LogP contribution in [-0.4, -0.2) is 54.4 Å². The quantitative estimate of drug-likeness (QED) is 0.887. The van der Waals surface area contributed by atoms with Gasteiger partial charge < -0.3 is 15.1 Å². The van der Waals surface area contributed by atoms with Crippen molar-refractivity contribution in [1.29, 1.82) is 0 Å². The van der Waals surface area contributed by atoms with Crippen LogP contribution in [0.4, 0.5) is 5.69 Å². The van der Waals surface area contributed by atoms with E-state index in [2.05, 4.69) is 27.3 Å². The van der Waals surface area contributed by atoms with Crippen molar-refractivity contribution < 1.29 is 9.59 Å².